The minimum Gasteiger partial charge on any atom is -0.304 e. The van der Waals surface area contributed by atoms with Crippen molar-refractivity contribution in [1.82, 2.24) is 4.90 Å². The number of aryl methyl sites for hydroxylation is 1. The van der Waals surface area contributed by atoms with Gasteiger partial charge in [0.05, 0.1) is 0 Å². The molecule has 1 aromatic carbocycles. The zero-order chi connectivity index (χ0) is 11.6. The van der Waals surface area contributed by atoms with Gasteiger partial charge in [-0.2, -0.15) is 0 Å². The summed E-state index contributed by atoms with van der Waals surface area (Å²) in [7, 11) is 0. The first-order valence-electron chi connectivity index (χ1n) is 6.63. The maximum atomic E-state index is 2.50. The van der Waals surface area contributed by atoms with Crippen LogP contribution in [0.5, 0.6) is 0 Å². The summed E-state index contributed by atoms with van der Waals surface area (Å²) in [5.74, 6) is 0. The number of benzene rings is 1. The van der Waals surface area contributed by atoms with E-state index in [9.17, 15) is 0 Å². The molecule has 0 atom stereocenters. The Morgan fingerprint density at radius 2 is 1.56 bits per heavy atom. The molecule has 0 saturated heterocycles. The Morgan fingerprint density at radius 1 is 0.875 bits per heavy atom. The Kier molecular flexibility index (Phi) is 6.91. The fraction of sp³-hybridized carbons (Fsp3) is 0.600. The fourth-order valence-corrected chi connectivity index (χ4v) is 2.03. The van der Waals surface area contributed by atoms with Gasteiger partial charge in [0.1, 0.15) is 0 Å². The van der Waals surface area contributed by atoms with E-state index in [-0.39, 0.29) is 0 Å². The van der Waals surface area contributed by atoms with Gasteiger partial charge in [-0.3, -0.25) is 0 Å². The molecule has 0 amide bonds. The van der Waals surface area contributed by atoms with Crippen LogP contribution < -0.4 is 0 Å². The van der Waals surface area contributed by atoms with E-state index in [1.54, 1.807) is 0 Å². The molecule has 0 aliphatic carbocycles. The van der Waals surface area contributed by atoms with Crippen molar-refractivity contribution >= 4 is 0 Å². The van der Waals surface area contributed by atoms with Crippen molar-refractivity contribution in [1.29, 1.82) is 0 Å². The molecule has 0 aromatic heterocycles. The highest BCUT2D eigenvalue weighted by Gasteiger charge is 1.98. The lowest BCUT2D eigenvalue weighted by atomic mass is 10.1. The average molecular weight is 219 g/mol. The molecule has 0 heterocycles. The third kappa shape index (κ3) is 5.32. The van der Waals surface area contributed by atoms with Gasteiger partial charge < -0.3 is 4.90 Å². The molecule has 0 fully saturated rings. The average Bonchev–Trinajstić information content (AvgIpc) is 2.35. The molecule has 90 valence electrons. The SMILES string of the molecule is CCN(CC)CCCCCc1ccccc1. The van der Waals surface area contributed by atoms with Crippen LogP contribution in [-0.2, 0) is 6.42 Å². The minimum absolute atomic E-state index is 1.19. The molecule has 16 heavy (non-hydrogen) atoms. The van der Waals surface area contributed by atoms with Gasteiger partial charge in [-0.25, -0.2) is 0 Å². The van der Waals surface area contributed by atoms with E-state index in [0.717, 1.165) is 0 Å². The van der Waals surface area contributed by atoms with Gasteiger partial charge in [-0.05, 0) is 44.5 Å². The van der Waals surface area contributed by atoms with Gasteiger partial charge in [-0.15, -0.1) is 0 Å². The van der Waals surface area contributed by atoms with Crippen LogP contribution >= 0.6 is 0 Å². The van der Waals surface area contributed by atoms with E-state index in [1.165, 1.54) is 50.9 Å². The lowest BCUT2D eigenvalue weighted by Crippen LogP contribution is -2.23. The van der Waals surface area contributed by atoms with Crippen molar-refractivity contribution in [2.24, 2.45) is 0 Å². The largest absolute Gasteiger partial charge is 0.304 e. The van der Waals surface area contributed by atoms with E-state index in [1.807, 2.05) is 0 Å². The molecule has 0 aliphatic heterocycles. The summed E-state index contributed by atoms with van der Waals surface area (Å²) in [4.78, 5) is 2.50. The first kappa shape index (κ1) is 13.2. The van der Waals surface area contributed by atoms with Crippen LogP contribution in [0.15, 0.2) is 30.3 Å². The Bertz CT molecular complexity index is 251. The Balaban J connectivity index is 2.04. The molecule has 0 spiro atoms. The van der Waals surface area contributed by atoms with Gasteiger partial charge in [0.15, 0.2) is 0 Å². The fourth-order valence-electron chi connectivity index (χ4n) is 2.03. The minimum atomic E-state index is 1.19. The van der Waals surface area contributed by atoms with Crippen molar-refractivity contribution in [3.05, 3.63) is 35.9 Å². The standard InChI is InChI=1S/C15H25N/c1-3-16(4-2)14-10-6-9-13-15-11-7-5-8-12-15/h5,7-8,11-12H,3-4,6,9-10,13-14H2,1-2H3. The highest BCUT2D eigenvalue weighted by atomic mass is 15.1. The highest BCUT2D eigenvalue weighted by molar-refractivity contribution is 5.14. The lowest BCUT2D eigenvalue weighted by molar-refractivity contribution is 0.296. The first-order valence-corrected chi connectivity index (χ1v) is 6.63. The van der Waals surface area contributed by atoms with Crippen LogP contribution in [0.4, 0.5) is 0 Å². The van der Waals surface area contributed by atoms with Gasteiger partial charge in [0.2, 0.25) is 0 Å². The summed E-state index contributed by atoms with van der Waals surface area (Å²) in [5.41, 5.74) is 1.48. The zero-order valence-electron chi connectivity index (χ0n) is 10.8. The second-order valence-corrected chi connectivity index (χ2v) is 4.32. The van der Waals surface area contributed by atoms with Crippen LogP contribution in [0.1, 0.15) is 38.7 Å². The molecule has 0 radical (unpaired) electrons. The number of unbranched alkanes of at least 4 members (excludes halogenated alkanes) is 2. The Hall–Kier alpha value is -0.820. The van der Waals surface area contributed by atoms with Gasteiger partial charge in [0, 0.05) is 0 Å². The van der Waals surface area contributed by atoms with Crippen LogP contribution in [0, 0.1) is 0 Å². The Labute approximate surface area is 100 Å². The molecule has 1 nitrogen and oxygen atoms in total. The van der Waals surface area contributed by atoms with E-state index in [2.05, 4.69) is 49.1 Å². The van der Waals surface area contributed by atoms with Gasteiger partial charge >= 0.3 is 0 Å². The monoisotopic (exact) mass is 219 g/mol. The summed E-state index contributed by atoms with van der Waals surface area (Å²) in [6.45, 7) is 8.13. The van der Waals surface area contributed by atoms with Gasteiger partial charge in [-0.1, -0.05) is 50.6 Å². The molecule has 0 bridgehead atoms. The number of nitrogens with zero attached hydrogens (tertiary/aromatic N) is 1. The zero-order valence-corrected chi connectivity index (χ0v) is 10.8. The number of hydrogen-bond acceptors (Lipinski definition) is 1. The number of hydrogen-bond donors (Lipinski definition) is 0. The maximum Gasteiger partial charge on any atom is -0.00190 e. The molecule has 1 heteroatoms. The predicted molar refractivity (Wildman–Crippen MR) is 71.8 cm³/mol. The third-order valence-corrected chi connectivity index (χ3v) is 3.18. The molecule has 0 unspecified atom stereocenters. The molecule has 0 aliphatic rings. The molecule has 1 aromatic rings. The number of rotatable bonds is 8. The van der Waals surface area contributed by atoms with E-state index >= 15 is 0 Å². The van der Waals surface area contributed by atoms with E-state index in [4.69, 9.17) is 0 Å². The summed E-state index contributed by atoms with van der Waals surface area (Å²) >= 11 is 0. The van der Waals surface area contributed by atoms with E-state index in [0.29, 0.717) is 0 Å². The summed E-state index contributed by atoms with van der Waals surface area (Å²) in [5, 5.41) is 0. The highest BCUT2D eigenvalue weighted by Crippen LogP contribution is 2.06. The van der Waals surface area contributed by atoms with Crippen LogP contribution in [0.2, 0.25) is 0 Å². The first-order chi connectivity index (χ1) is 7.86. The predicted octanol–water partition coefficient (Wildman–Crippen LogP) is 3.74. The van der Waals surface area contributed by atoms with Crippen molar-refractivity contribution < 1.29 is 0 Å². The third-order valence-electron chi connectivity index (χ3n) is 3.18. The van der Waals surface area contributed by atoms with Crippen molar-refractivity contribution in [2.75, 3.05) is 19.6 Å². The van der Waals surface area contributed by atoms with Crippen LogP contribution in [-0.4, -0.2) is 24.5 Å². The molecular formula is C15H25N. The summed E-state index contributed by atoms with van der Waals surface area (Å²) < 4.78 is 0. The van der Waals surface area contributed by atoms with Gasteiger partial charge in [0.25, 0.3) is 0 Å². The molecule has 0 saturated carbocycles. The smallest absolute Gasteiger partial charge is 0.00190 e. The van der Waals surface area contributed by atoms with Crippen molar-refractivity contribution in [3.8, 4) is 0 Å². The van der Waals surface area contributed by atoms with Crippen molar-refractivity contribution in [3.63, 3.8) is 0 Å². The Morgan fingerprint density at radius 3 is 2.19 bits per heavy atom. The van der Waals surface area contributed by atoms with E-state index < -0.39 is 0 Å². The van der Waals surface area contributed by atoms with Crippen molar-refractivity contribution in [2.45, 2.75) is 39.5 Å². The second-order valence-electron chi connectivity index (χ2n) is 4.32. The van der Waals surface area contributed by atoms with Crippen LogP contribution in [0.3, 0.4) is 0 Å². The molecule has 1 rings (SSSR count). The molecular weight excluding hydrogens is 194 g/mol. The topological polar surface area (TPSA) is 3.24 Å². The molecule has 0 N–H and O–H groups in total. The normalized spacial score (nSPS) is 10.9. The lowest BCUT2D eigenvalue weighted by Gasteiger charge is -2.17. The quantitative estimate of drug-likeness (QED) is 0.602. The maximum absolute atomic E-state index is 2.50. The van der Waals surface area contributed by atoms with Crippen LogP contribution in [0.25, 0.3) is 0 Å². The summed E-state index contributed by atoms with van der Waals surface area (Å²) in [6, 6.07) is 10.8. The second kappa shape index (κ2) is 8.35. The summed E-state index contributed by atoms with van der Waals surface area (Å²) in [6.07, 6.45) is 5.25.